The summed E-state index contributed by atoms with van der Waals surface area (Å²) in [7, 11) is 0. The maximum atomic E-state index is 6.02. The molecule has 0 unspecified atom stereocenters. The van der Waals surface area contributed by atoms with Crippen molar-refractivity contribution in [1.82, 2.24) is 9.88 Å². The molecule has 0 saturated heterocycles. The van der Waals surface area contributed by atoms with Gasteiger partial charge < -0.3 is 15.4 Å². The van der Waals surface area contributed by atoms with Gasteiger partial charge in [-0.05, 0) is 25.5 Å². The smallest absolute Gasteiger partial charge is 0.218 e. The second-order valence-electron chi connectivity index (χ2n) is 5.09. The van der Waals surface area contributed by atoms with Crippen LogP contribution >= 0.6 is 24.0 Å². The van der Waals surface area contributed by atoms with E-state index in [9.17, 15) is 0 Å². The quantitative estimate of drug-likeness (QED) is 0.407. The van der Waals surface area contributed by atoms with Gasteiger partial charge in [-0.2, -0.15) is 0 Å². The van der Waals surface area contributed by atoms with Crippen molar-refractivity contribution in [2.75, 3.05) is 13.1 Å². The van der Waals surface area contributed by atoms with Crippen LogP contribution in [0, 0.1) is 0 Å². The molecule has 6 heteroatoms. The summed E-state index contributed by atoms with van der Waals surface area (Å²) in [5.74, 6) is 1.15. The van der Waals surface area contributed by atoms with E-state index in [4.69, 9.17) is 10.5 Å². The minimum atomic E-state index is 0. The zero-order valence-corrected chi connectivity index (χ0v) is 16.5. The molecule has 0 spiro atoms. The molecule has 2 aromatic rings. The number of ether oxygens (including phenoxy) is 1. The Hall–Kier alpha value is -1.83. The fraction of sp³-hybridized carbons (Fsp3) is 0.333. The van der Waals surface area contributed by atoms with Gasteiger partial charge in [0.05, 0.1) is 6.54 Å². The maximum absolute atomic E-state index is 6.02. The Labute approximate surface area is 161 Å². The van der Waals surface area contributed by atoms with Crippen LogP contribution in [0.25, 0.3) is 0 Å². The van der Waals surface area contributed by atoms with Gasteiger partial charge in [-0.1, -0.05) is 36.4 Å². The van der Waals surface area contributed by atoms with E-state index in [1.165, 1.54) is 0 Å². The van der Waals surface area contributed by atoms with Crippen LogP contribution in [0.3, 0.4) is 0 Å². The van der Waals surface area contributed by atoms with Gasteiger partial charge in [0, 0.05) is 24.8 Å². The highest BCUT2D eigenvalue weighted by Crippen LogP contribution is 2.17. The molecule has 1 aromatic heterocycles. The van der Waals surface area contributed by atoms with E-state index in [1.54, 1.807) is 6.20 Å². The molecule has 2 N–H and O–H groups in total. The lowest BCUT2D eigenvalue weighted by Crippen LogP contribution is -2.37. The number of pyridine rings is 1. The van der Waals surface area contributed by atoms with E-state index >= 15 is 0 Å². The van der Waals surface area contributed by atoms with E-state index < -0.39 is 0 Å². The molecule has 0 saturated carbocycles. The number of halogens is 1. The Morgan fingerprint density at radius 1 is 1.12 bits per heavy atom. The van der Waals surface area contributed by atoms with Crippen LogP contribution in [-0.2, 0) is 13.2 Å². The molecule has 5 nitrogen and oxygen atoms in total. The average molecular weight is 440 g/mol. The fourth-order valence-electron chi connectivity index (χ4n) is 2.21. The van der Waals surface area contributed by atoms with E-state index in [2.05, 4.69) is 23.8 Å². The number of aromatic nitrogens is 1. The predicted molar refractivity (Wildman–Crippen MR) is 109 cm³/mol. The Kier molecular flexibility index (Phi) is 9.14. The van der Waals surface area contributed by atoms with Crippen molar-refractivity contribution >= 4 is 29.9 Å². The normalized spacial score (nSPS) is 10.8. The molecule has 1 heterocycles. The number of hydrogen-bond acceptors (Lipinski definition) is 3. The first kappa shape index (κ1) is 20.2. The first-order valence-corrected chi connectivity index (χ1v) is 7.90. The lowest BCUT2D eigenvalue weighted by atomic mass is 10.2. The molecule has 2 rings (SSSR count). The Morgan fingerprint density at radius 3 is 2.50 bits per heavy atom. The lowest BCUT2D eigenvalue weighted by Gasteiger charge is -2.19. The maximum Gasteiger partial charge on any atom is 0.218 e. The highest BCUT2D eigenvalue weighted by molar-refractivity contribution is 14.0. The molecule has 0 atom stereocenters. The van der Waals surface area contributed by atoms with Crippen molar-refractivity contribution in [3.8, 4) is 5.88 Å². The Morgan fingerprint density at radius 2 is 1.83 bits per heavy atom. The van der Waals surface area contributed by atoms with Crippen molar-refractivity contribution < 1.29 is 4.74 Å². The molecule has 24 heavy (non-hydrogen) atoms. The second-order valence-corrected chi connectivity index (χ2v) is 5.09. The summed E-state index contributed by atoms with van der Waals surface area (Å²) in [6, 6.07) is 13.9. The average Bonchev–Trinajstić information content (AvgIpc) is 2.61. The molecule has 0 radical (unpaired) electrons. The molecule has 0 aliphatic carbocycles. The van der Waals surface area contributed by atoms with E-state index in [1.807, 2.05) is 47.4 Å². The van der Waals surface area contributed by atoms with E-state index in [0.29, 0.717) is 25.0 Å². The van der Waals surface area contributed by atoms with Gasteiger partial charge in [0.15, 0.2) is 5.96 Å². The molecule has 0 fully saturated rings. The van der Waals surface area contributed by atoms with Gasteiger partial charge in [0.2, 0.25) is 5.88 Å². The third-order valence-electron chi connectivity index (χ3n) is 3.57. The van der Waals surface area contributed by atoms with Gasteiger partial charge in [0.25, 0.3) is 0 Å². The van der Waals surface area contributed by atoms with Crippen molar-refractivity contribution in [3.63, 3.8) is 0 Å². The van der Waals surface area contributed by atoms with Crippen LogP contribution in [0.4, 0.5) is 0 Å². The third kappa shape index (κ3) is 5.99. The number of nitrogens with two attached hydrogens (primary N) is 1. The summed E-state index contributed by atoms with van der Waals surface area (Å²) in [6.07, 6.45) is 1.72. The second kappa shape index (κ2) is 10.9. The van der Waals surface area contributed by atoms with Gasteiger partial charge in [0.1, 0.15) is 6.61 Å². The van der Waals surface area contributed by atoms with E-state index in [-0.39, 0.29) is 24.0 Å². The molecule has 0 aliphatic heterocycles. The SMILES string of the molecule is CCN(CC)C(N)=NCc1cccnc1OCc1ccccc1.I. The van der Waals surface area contributed by atoms with Crippen LogP contribution in [0.2, 0.25) is 0 Å². The summed E-state index contributed by atoms with van der Waals surface area (Å²) >= 11 is 0. The first-order chi connectivity index (χ1) is 11.2. The highest BCUT2D eigenvalue weighted by Gasteiger charge is 2.07. The van der Waals surface area contributed by atoms with Crippen LogP contribution in [0.15, 0.2) is 53.7 Å². The number of benzene rings is 1. The molecule has 0 amide bonds. The molecular weight excluding hydrogens is 415 g/mol. The summed E-state index contributed by atoms with van der Waals surface area (Å²) in [4.78, 5) is 10.8. The molecular formula is C18H25IN4O. The van der Waals surface area contributed by atoms with Crippen molar-refractivity contribution in [2.24, 2.45) is 10.7 Å². The number of guanidine groups is 1. The van der Waals surface area contributed by atoms with Crippen LogP contribution in [0.5, 0.6) is 5.88 Å². The zero-order chi connectivity index (χ0) is 16.5. The van der Waals surface area contributed by atoms with Crippen LogP contribution in [-0.4, -0.2) is 28.9 Å². The fourth-order valence-corrected chi connectivity index (χ4v) is 2.21. The largest absolute Gasteiger partial charge is 0.473 e. The molecule has 0 bridgehead atoms. The summed E-state index contributed by atoms with van der Waals surface area (Å²) in [5, 5.41) is 0. The number of hydrogen-bond donors (Lipinski definition) is 1. The van der Waals surface area contributed by atoms with Crippen LogP contribution < -0.4 is 10.5 Å². The number of nitrogens with zero attached hydrogens (tertiary/aromatic N) is 3. The van der Waals surface area contributed by atoms with Crippen molar-refractivity contribution in [3.05, 3.63) is 59.8 Å². The lowest BCUT2D eigenvalue weighted by molar-refractivity contribution is 0.290. The molecule has 130 valence electrons. The minimum absolute atomic E-state index is 0. The highest BCUT2D eigenvalue weighted by atomic mass is 127. The predicted octanol–water partition coefficient (Wildman–Crippen LogP) is 3.44. The third-order valence-corrected chi connectivity index (χ3v) is 3.57. The monoisotopic (exact) mass is 440 g/mol. The minimum Gasteiger partial charge on any atom is -0.473 e. The van der Waals surface area contributed by atoms with Crippen LogP contribution in [0.1, 0.15) is 25.0 Å². The summed E-state index contributed by atoms with van der Waals surface area (Å²) in [6.45, 7) is 6.75. The van der Waals surface area contributed by atoms with Gasteiger partial charge in [-0.25, -0.2) is 9.98 Å². The zero-order valence-electron chi connectivity index (χ0n) is 14.2. The summed E-state index contributed by atoms with van der Waals surface area (Å²) in [5.41, 5.74) is 8.05. The van der Waals surface area contributed by atoms with Crippen molar-refractivity contribution in [1.29, 1.82) is 0 Å². The standard InChI is InChI=1S/C18H24N4O.HI/c1-3-22(4-2)18(19)21-13-16-11-8-12-20-17(16)23-14-15-9-6-5-7-10-15;/h5-12H,3-4,13-14H2,1-2H3,(H2,19,21);1H. The summed E-state index contributed by atoms with van der Waals surface area (Å²) < 4.78 is 5.83. The number of aliphatic imine (C=N–C) groups is 1. The first-order valence-electron chi connectivity index (χ1n) is 7.90. The van der Waals surface area contributed by atoms with E-state index in [0.717, 1.165) is 24.2 Å². The van der Waals surface area contributed by atoms with Gasteiger partial charge in [-0.15, -0.1) is 24.0 Å². The Bertz CT molecular complexity index is 630. The Balaban J connectivity index is 0.00000288. The topological polar surface area (TPSA) is 63.7 Å². The molecule has 1 aromatic carbocycles. The number of rotatable bonds is 7. The van der Waals surface area contributed by atoms with Gasteiger partial charge >= 0.3 is 0 Å². The van der Waals surface area contributed by atoms with Crippen molar-refractivity contribution in [2.45, 2.75) is 27.0 Å². The molecule has 0 aliphatic rings. The van der Waals surface area contributed by atoms with Gasteiger partial charge in [-0.3, -0.25) is 0 Å².